The molecule has 1 fully saturated rings. The largest absolute Gasteiger partial charge is 0.354 e. The lowest BCUT2D eigenvalue weighted by molar-refractivity contribution is -0.121. The van der Waals surface area contributed by atoms with Gasteiger partial charge in [0.05, 0.1) is 0 Å². The Morgan fingerprint density at radius 3 is 2.25 bits per heavy atom. The molecule has 3 amide bonds. The van der Waals surface area contributed by atoms with Crippen LogP contribution in [0.2, 0.25) is 0 Å². The average Bonchev–Trinajstić information content (AvgIpc) is 2.26. The van der Waals surface area contributed by atoms with Crippen molar-refractivity contribution in [1.29, 1.82) is 0 Å². The van der Waals surface area contributed by atoms with Gasteiger partial charge in [0.2, 0.25) is 5.91 Å². The van der Waals surface area contributed by atoms with Crippen LogP contribution in [0.3, 0.4) is 0 Å². The van der Waals surface area contributed by atoms with Crippen LogP contribution in [0.25, 0.3) is 0 Å². The third-order valence-electron chi connectivity index (χ3n) is 4.11. The maximum Gasteiger partial charge on any atom is 0.315 e. The molecule has 5 nitrogen and oxygen atoms in total. The second-order valence-corrected chi connectivity index (χ2v) is 6.36. The van der Waals surface area contributed by atoms with Gasteiger partial charge in [-0.1, -0.05) is 13.3 Å². The summed E-state index contributed by atoms with van der Waals surface area (Å²) in [6.45, 7) is 8.60. The molecule has 0 aromatic carbocycles. The minimum absolute atomic E-state index is 0.0307. The fraction of sp³-hybridized carbons (Fsp3) is 0.867. The molecule has 1 aliphatic rings. The summed E-state index contributed by atoms with van der Waals surface area (Å²) in [6, 6.07) is -0.200. The Morgan fingerprint density at radius 2 is 1.80 bits per heavy atom. The van der Waals surface area contributed by atoms with Crippen LogP contribution in [0.5, 0.6) is 0 Å². The highest BCUT2D eigenvalue weighted by molar-refractivity contribution is 5.79. The van der Waals surface area contributed by atoms with Crippen molar-refractivity contribution in [2.75, 3.05) is 6.54 Å². The molecule has 5 heteroatoms. The van der Waals surface area contributed by atoms with Crippen molar-refractivity contribution in [2.45, 2.75) is 71.9 Å². The Morgan fingerprint density at radius 1 is 1.15 bits per heavy atom. The van der Waals surface area contributed by atoms with E-state index >= 15 is 0 Å². The lowest BCUT2D eigenvalue weighted by Crippen LogP contribution is -2.48. The predicted molar refractivity (Wildman–Crippen MR) is 80.5 cm³/mol. The van der Waals surface area contributed by atoms with Crippen molar-refractivity contribution >= 4 is 11.9 Å². The van der Waals surface area contributed by atoms with Crippen LogP contribution < -0.4 is 16.0 Å². The summed E-state index contributed by atoms with van der Waals surface area (Å²) < 4.78 is 0. The first-order chi connectivity index (χ1) is 9.37. The van der Waals surface area contributed by atoms with E-state index in [4.69, 9.17) is 0 Å². The molecule has 0 aromatic heterocycles. The fourth-order valence-corrected chi connectivity index (χ4v) is 2.58. The van der Waals surface area contributed by atoms with E-state index in [1.54, 1.807) is 0 Å². The van der Waals surface area contributed by atoms with Crippen LogP contribution in [0.15, 0.2) is 0 Å². The van der Waals surface area contributed by atoms with Gasteiger partial charge >= 0.3 is 6.03 Å². The van der Waals surface area contributed by atoms with Crippen LogP contribution in [0.4, 0.5) is 4.79 Å². The number of amides is 3. The molecule has 0 aliphatic heterocycles. The SMILES string of the molecule is CCC1(CNC(=O)N[C@@H](C)CC(=O)NC(C)C)CCC1. The monoisotopic (exact) mass is 283 g/mol. The molecule has 0 saturated heterocycles. The van der Waals surface area contributed by atoms with Crippen molar-refractivity contribution < 1.29 is 9.59 Å². The van der Waals surface area contributed by atoms with Gasteiger partial charge in [0.15, 0.2) is 0 Å². The summed E-state index contributed by atoms with van der Waals surface area (Å²) in [5.41, 5.74) is 0.315. The summed E-state index contributed by atoms with van der Waals surface area (Å²) in [6.07, 6.45) is 5.10. The topological polar surface area (TPSA) is 70.2 Å². The quantitative estimate of drug-likeness (QED) is 0.670. The second-order valence-electron chi connectivity index (χ2n) is 6.36. The molecule has 0 radical (unpaired) electrons. The van der Waals surface area contributed by atoms with Gasteiger partial charge in [-0.25, -0.2) is 4.79 Å². The molecule has 0 heterocycles. The van der Waals surface area contributed by atoms with Gasteiger partial charge < -0.3 is 16.0 Å². The van der Waals surface area contributed by atoms with E-state index in [1.807, 2.05) is 20.8 Å². The van der Waals surface area contributed by atoms with Crippen LogP contribution in [-0.4, -0.2) is 30.6 Å². The number of hydrogen-bond donors (Lipinski definition) is 3. The minimum Gasteiger partial charge on any atom is -0.354 e. The molecule has 116 valence electrons. The maximum atomic E-state index is 11.8. The lowest BCUT2D eigenvalue weighted by atomic mass is 9.67. The molecular weight excluding hydrogens is 254 g/mol. The van der Waals surface area contributed by atoms with Crippen LogP contribution >= 0.6 is 0 Å². The van der Waals surface area contributed by atoms with Crippen LogP contribution in [0.1, 0.15) is 59.8 Å². The molecular formula is C15H29N3O2. The Labute approximate surface area is 122 Å². The summed E-state index contributed by atoms with van der Waals surface area (Å²) in [7, 11) is 0. The van der Waals surface area contributed by atoms with Gasteiger partial charge in [-0.3, -0.25) is 4.79 Å². The molecule has 1 rings (SSSR count). The first-order valence-electron chi connectivity index (χ1n) is 7.70. The van der Waals surface area contributed by atoms with Gasteiger partial charge in [0.25, 0.3) is 0 Å². The summed E-state index contributed by atoms with van der Waals surface area (Å²) in [5.74, 6) is -0.0307. The van der Waals surface area contributed by atoms with Gasteiger partial charge in [0.1, 0.15) is 0 Å². The molecule has 20 heavy (non-hydrogen) atoms. The van der Waals surface area contributed by atoms with Crippen molar-refractivity contribution in [2.24, 2.45) is 5.41 Å². The highest BCUT2D eigenvalue weighted by Crippen LogP contribution is 2.42. The zero-order valence-electron chi connectivity index (χ0n) is 13.2. The average molecular weight is 283 g/mol. The smallest absolute Gasteiger partial charge is 0.315 e. The highest BCUT2D eigenvalue weighted by atomic mass is 16.2. The maximum absolute atomic E-state index is 11.8. The number of nitrogens with one attached hydrogen (secondary N) is 3. The fourth-order valence-electron chi connectivity index (χ4n) is 2.58. The number of rotatable bonds is 7. The van der Waals surface area contributed by atoms with E-state index in [1.165, 1.54) is 19.3 Å². The van der Waals surface area contributed by atoms with Crippen molar-refractivity contribution in [1.82, 2.24) is 16.0 Å². The number of urea groups is 1. The van der Waals surface area contributed by atoms with E-state index in [-0.39, 0.29) is 24.0 Å². The van der Waals surface area contributed by atoms with E-state index in [0.29, 0.717) is 11.8 Å². The summed E-state index contributed by atoms with van der Waals surface area (Å²) in [5, 5.41) is 8.58. The third-order valence-corrected chi connectivity index (χ3v) is 4.11. The van der Waals surface area contributed by atoms with E-state index < -0.39 is 0 Å². The third kappa shape index (κ3) is 5.39. The molecule has 1 atom stereocenters. The van der Waals surface area contributed by atoms with Crippen molar-refractivity contribution in [3.8, 4) is 0 Å². The molecule has 1 aliphatic carbocycles. The lowest BCUT2D eigenvalue weighted by Gasteiger charge is -2.41. The first kappa shape index (κ1) is 16.8. The summed E-state index contributed by atoms with van der Waals surface area (Å²) >= 11 is 0. The number of hydrogen-bond acceptors (Lipinski definition) is 2. The molecule has 0 bridgehead atoms. The Hall–Kier alpha value is -1.26. The number of carbonyl (C=O) groups is 2. The zero-order valence-corrected chi connectivity index (χ0v) is 13.2. The van der Waals surface area contributed by atoms with Gasteiger partial charge in [-0.05, 0) is 45.4 Å². The molecule has 0 unspecified atom stereocenters. The second kappa shape index (κ2) is 7.50. The minimum atomic E-state index is -0.172. The van der Waals surface area contributed by atoms with E-state index in [0.717, 1.165) is 13.0 Å². The van der Waals surface area contributed by atoms with Crippen molar-refractivity contribution in [3.05, 3.63) is 0 Å². The number of carbonyl (C=O) groups excluding carboxylic acids is 2. The summed E-state index contributed by atoms with van der Waals surface area (Å²) in [4.78, 5) is 23.4. The Balaban J connectivity index is 2.22. The van der Waals surface area contributed by atoms with E-state index in [9.17, 15) is 9.59 Å². The van der Waals surface area contributed by atoms with Gasteiger partial charge in [-0.2, -0.15) is 0 Å². The van der Waals surface area contributed by atoms with Gasteiger partial charge in [-0.15, -0.1) is 0 Å². The van der Waals surface area contributed by atoms with Crippen LogP contribution in [0, 0.1) is 5.41 Å². The highest BCUT2D eigenvalue weighted by Gasteiger charge is 2.35. The molecule has 1 saturated carbocycles. The Bertz CT molecular complexity index is 333. The van der Waals surface area contributed by atoms with Crippen molar-refractivity contribution in [3.63, 3.8) is 0 Å². The zero-order chi connectivity index (χ0) is 15.2. The van der Waals surface area contributed by atoms with E-state index in [2.05, 4.69) is 22.9 Å². The molecule has 0 aromatic rings. The normalized spacial score (nSPS) is 18.1. The predicted octanol–water partition coefficient (Wildman–Crippen LogP) is 2.17. The molecule has 3 N–H and O–H groups in total. The standard InChI is InChI=1S/C15H29N3O2/c1-5-15(7-6-8-15)10-16-14(20)18-12(4)9-13(19)17-11(2)3/h11-12H,5-10H2,1-4H3,(H,17,19)(H2,16,18,20)/t12-/m0/s1. The Kier molecular flexibility index (Phi) is 6.30. The first-order valence-corrected chi connectivity index (χ1v) is 7.70. The molecule has 0 spiro atoms. The van der Waals surface area contributed by atoms with Crippen LogP contribution in [-0.2, 0) is 4.79 Å². The van der Waals surface area contributed by atoms with Gasteiger partial charge in [0, 0.05) is 25.0 Å².